The summed E-state index contributed by atoms with van der Waals surface area (Å²) >= 11 is 0. The van der Waals surface area contributed by atoms with E-state index in [1.165, 1.54) is 12.3 Å². The predicted molar refractivity (Wildman–Crippen MR) is 76.4 cm³/mol. The molecule has 1 aromatic rings. The van der Waals surface area contributed by atoms with Crippen molar-refractivity contribution in [2.24, 2.45) is 0 Å². The second-order valence-corrected chi connectivity index (χ2v) is 6.20. The van der Waals surface area contributed by atoms with Crippen LogP contribution in [0.3, 0.4) is 0 Å². The van der Waals surface area contributed by atoms with Crippen LogP contribution in [-0.2, 0) is 23.4 Å². The fourth-order valence-corrected chi connectivity index (χ4v) is 2.53. The summed E-state index contributed by atoms with van der Waals surface area (Å²) in [5, 5.41) is 10.2. The summed E-state index contributed by atoms with van der Waals surface area (Å²) in [5.41, 5.74) is 4.57. The van der Waals surface area contributed by atoms with Crippen molar-refractivity contribution < 1.29 is 38.3 Å². The Kier molecular flexibility index (Phi) is 5.38. The second kappa shape index (κ2) is 6.97. The predicted octanol–water partition coefficient (Wildman–Crippen LogP) is -1.88. The number of ether oxygens (including phenoxy) is 2. The third-order valence-electron chi connectivity index (χ3n) is 3.15. The number of carbonyl (C=O) groups is 1. The molecule has 4 atom stereocenters. The molecule has 1 saturated heterocycles. The van der Waals surface area contributed by atoms with E-state index in [1.54, 1.807) is 0 Å². The Bertz CT molecular complexity index is 717. The van der Waals surface area contributed by atoms with Crippen LogP contribution in [0.5, 0.6) is 0 Å². The number of nitrogen functional groups attached to an aromatic ring is 1. The number of carbonyl (C=O) groups excluding carboxylic acids is 1. The number of phosphoric acid groups is 1. The topological polar surface area (TPSA) is 183 Å². The van der Waals surface area contributed by atoms with Crippen molar-refractivity contribution in [1.29, 1.82) is 0 Å². The lowest BCUT2D eigenvalue weighted by atomic mass is 10.1. The number of aliphatic hydroxyl groups excluding tert-OH is 1. The highest BCUT2D eigenvalue weighted by Gasteiger charge is 2.48. The summed E-state index contributed by atoms with van der Waals surface area (Å²) in [4.78, 5) is 44.1. The van der Waals surface area contributed by atoms with Gasteiger partial charge in [0.2, 0.25) is 0 Å². The highest BCUT2D eigenvalue weighted by Crippen LogP contribution is 2.38. The minimum Gasteiger partial charge on any atom is -0.455 e. The van der Waals surface area contributed by atoms with Crippen LogP contribution in [0, 0.1) is 0 Å². The van der Waals surface area contributed by atoms with E-state index in [9.17, 15) is 19.3 Å². The van der Waals surface area contributed by atoms with Gasteiger partial charge in [-0.2, -0.15) is 4.98 Å². The number of esters is 1. The van der Waals surface area contributed by atoms with Gasteiger partial charge in [0.15, 0.2) is 12.3 Å². The molecule has 5 N–H and O–H groups in total. The number of nitrogens with two attached hydrogens (primary N) is 1. The highest BCUT2D eigenvalue weighted by molar-refractivity contribution is 7.46. The molecule has 0 spiro atoms. The van der Waals surface area contributed by atoms with Crippen LogP contribution in [-0.4, -0.2) is 55.3 Å². The molecule has 12 nitrogen and oxygen atoms in total. The third kappa shape index (κ3) is 4.38. The molecular weight excluding hydrogens is 349 g/mol. The zero-order valence-electron chi connectivity index (χ0n) is 12.4. The van der Waals surface area contributed by atoms with E-state index in [1.807, 2.05) is 0 Å². The van der Waals surface area contributed by atoms with Crippen molar-refractivity contribution in [2.75, 3.05) is 12.3 Å². The van der Waals surface area contributed by atoms with Crippen molar-refractivity contribution in [1.82, 2.24) is 9.55 Å². The SMILES string of the molecule is CC(=O)O[C@@H]1[C@H](O)[C@@H](COP(=O)(O)O)O[C@H]1n1ccc(N)nc1=O. The van der Waals surface area contributed by atoms with Gasteiger partial charge in [0, 0.05) is 13.1 Å². The Hall–Kier alpha value is -1.82. The zero-order chi connectivity index (χ0) is 18.1. The van der Waals surface area contributed by atoms with E-state index in [-0.39, 0.29) is 5.82 Å². The first-order valence-corrected chi connectivity index (χ1v) is 8.17. The molecule has 1 aliphatic heterocycles. The molecule has 0 saturated carbocycles. The molecule has 134 valence electrons. The van der Waals surface area contributed by atoms with Gasteiger partial charge >= 0.3 is 19.5 Å². The fourth-order valence-electron chi connectivity index (χ4n) is 2.19. The van der Waals surface area contributed by atoms with E-state index in [0.717, 1.165) is 11.5 Å². The minimum atomic E-state index is -4.80. The summed E-state index contributed by atoms with van der Waals surface area (Å²) in [6.45, 7) is 0.407. The second-order valence-electron chi connectivity index (χ2n) is 4.96. The van der Waals surface area contributed by atoms with Crippen molar-refractivity contribution in [3.05, 3.63) is 22.7 Å². The highest BCUT2D eigenvalue weighted by atomic mass is 31.2. The molecule has 0 unspecified atom stereocenters. The Morgan fingerprint density at radius 2 is 2.21 bits per heavy atom. The van der Waals surface area contributed by atoms with Gasteiger partial charge in [-0.3, -0.25) is 13.9 Å². The van der Waals surface area contributed by atoms with Crippen molar-refractivity contribution in [3.63, 3.8) is 0 Å². The zero-order valence-corrected chi connectivity index (χ0v) is 13.3. The normalized spacial score (nSPS) is 27.2. The first-order chi connectivity index (χ1) is 11.1. The quantitative estimate of drug-likeness (QED) is 0.338. The average Bonchev–Trinajstić information content (AvgIpc) is 2.73. The van der Waals surface area contributed by atoms with Gasteiger partial charge < -0.3 is 30.1 Å². The Morgan fingerprint density at radius 3 is 2.75 bits per heavy atom. The van der Waals surface area contributed by atoms with Gasteiger partial charge in [-0.05, 0) is 6.07 Å². The largest absolute Gasteiger partial charge is 0.469 e. The number of aromatic nitrogens is 2. The van der Waals surface area contributed by atoms with Gasteiger partial charge in [0.1, 0.15) is 18.0 Å². The van der Waals surface area contributed by atoms with Crippen molar-refractivity contribution >= 4 is 19.6 Å². The molecule has 0 aliphatic carbocycles. The summed E-state index contributed by atoms with van der Waals surface area (Å²) in [7, 11) is -4.80. The van der Waals surface area contributed by atoms with Crippen LogP contribution >= 0.6 is 7.82 Å². The molecule has 0 amide bonds. The van der Waals surface area contributed by atoms with Gasteiger partial charge in [-0.15, -0.1) is 0 Å². The smallest absolute Gasteiger partial charge is 0.455 e. The van der Waals surface area contributed by atoms with Crippen LogP contribution in [0.2, 0.25) is 0 Å². The summed E-state index contributed by atoms with van der Waals surface area (Å²) in [5.74, 6) is -0.791. The summed E-state index contributed by atoms with van der Waals surface area (Å²) in [6.07, 6.45) is -4.10. The fraction of sp³-hybridized carbons (Fsp3) is 0.545. The number of nitrogens with zero attached hydrogens (tertiary/aromatic N) is 2. The van der Waals surface area contributed by atoms with E-state index in [2.05, 4.69) is 9.51 Å². The van der Waals surface area contributed by atoms with Crippen molar-refractivity contribution in [3.8, 4) is 0 Å². The number of anilines is 1. The molecule has 0 aromatic carbocycles. The van der Waals surface area contributed by atoms with Crippen LogP contribution in [0.1, 0.15) is 13.2 Å². The Morgan fingerprint density at radius 1 is 1.54 bits per heavy atom. The molecule has 0 bridgehead atoms. The number of hydrogen-bond donors (Lipinski definition) is 4. The molecule has 2 rings (SSSR count). The standard InChI is InChI=1S/C11H16N3O9P/c1-5(15)22-9-8(16)6(4-21-24(18,19)20)23-10(9)14-3-2-7(12)13-11(14)17/h2-3,6,8-10,16H,4H2,1H3,(H2,12,13,17)(H2,18,19,20)/t6-,8-,9-,10-/m1/s1. The lowest BCUT2D eigenvalue weighted by Gasteiger charge is -2.21. The van der Waals surface area contributed by atoms with E-state index >= 15 is 0 Å². The van der Waals surface area contributed by atoms with Gasteiger partial charge in [-0.1, -0.05) is 0 Å². The molecule has 1 aromatic heterocycles. The molecule has 24 heavy (non-hydrogen) atoms. The maximum absolute atomic E-state index is 11.9. The maximum atomic E-state index is 11.9. The molecule has 2 heterocycles. The molecule has 1 fully saturated rings. The first-order valence-electron chi connectivity index (χ1n) is 6.64. The van der Waals surface area contributed by atoms with E-state index in [4.69, 9.17) is 25.0 Å². The molecule has 1 aliphatic rings. The number of aliphatic hydroxyl groups is 1. The van der Waals surface area contributed by atoms with E-state index in [0.29, 0.717) is 0 Å². The van der Waals surface area contributed by atoms with Gasteiger partial charge in [-0.25, -0.2) is 9.36 Å². The van der Waals surface area contributed by atoms with Gasteiger partial charge in [0.05, 0.1) is 6.61 Å². The van der Waals surface area contributed by atoms with Crippen LogP contribution in [0.4, 0.5) is 5.82 Å². The molecule has 0 radical (unpaired) electrons. The summed E-state index contributed by atoms with van der Waals surface area (Å²) in [6, 6.07) is 1.29. The summed E-state index contributed by atoms with van der Waals surface area (Å²) < 4.78 is 26.3. The van der Waals surface area contributed by atoms with Gasteiger partial charge in [0.25, 0.3) is 0 Å². The molecular formula is C11H16N3O9P. The minimum absolute atomic E-state index is 0.0415. The van der Waals surface area contributed by atoms with Crippen LogP contribution in [0.25, 0.3) is 0 Å². The van der Waals surface area contributed by atoms with Crippen LogP contribution < -0.4 is 11.4 Å². The number of hydrogen-bond acceptors (Lipinski definition) is 9. The molecule has 13 heteroatoms. The Labute approximate surface area is 135 Å². The van der Waals surface area contributed by atoms with Crippen LogP contribution in [0.15, 0.2) is 17.1 Å². The van der Waals surface area contributed by atoms with E-state index < -0.39 is 50.6 Å². The lowest BCUT2D eigenvalue weighted by Crippen LogP contribution is -2.39. The third-order valence-corrected chi connectivity index (χ3v) is 3.63. The number of phosphoric ester groups is 1. The lowest BCUT2D eigenvalue weighted by molar-refractivity contribution is -0.156. The number of rotatable bonds is 5. The average molecular weight is 365 g/mol. The monoisotopic (exact) mass is 365 g/mol. The Balaban J connectivity index is 2.28. The first kappa shape index (κ1) is 18.5. The van der Waals surface area contributed by atoms with Crippen molar-refractivity contribution in [2.45, 2.75) is 31.5 Å². The maximum Gasteiger partial charge on any atom is 0.469 e.